The summed E-state index contributed by atoms with van der Waals surface area (Å²) in [7, 11) is -3.58. The predicted molar refractivity (Wildman–Crippen MR) is 99.8 cm³/mol. The van der Waals surface area contributed by atoms with Crippen LogP contribution in [0.2, 0.25) is 0 Å². The molecule has 7 nitrogen and oxygen atoms in total. The molecule has 9 heteroatoms. The Labute approximate surface area is 155 Å². The molecule has 132 valence electrons. The van der Waals surface area contributed by atoms with Crippen molar-refractivity contribution >= 4 is 50.1 Å². The van der Waals surface area contributed by atoms with Gasteiger partial charge in [0.2, 0.25) is 21.8 Å². The number of carbonyl (C=O) groups is 2. The zero-order valence-corrected chi connectivity index (χ0v) is 16.3. The Bertz CT molecular complexity index is 713. The van der Waals surface area contributed by atoms with Gasteiger partial charge in [-0.05, 0) is 59.7 Å². The average molecular weight is 465 g/mol. The van der Waals surface area contributed by atoms with E-state index in [0.717, 1.165) is 14.1 Å². The van der Waals surface area contributed by atoms with Gasteiger partial charge in [-0.2, -0.15) is 0 Å². The van der Waals surface area contributed by atoms with Gasteiger partial charge in [-0.1, -0.05) is 0 Å². The minimum Gasteiger partial charge on any atom is -0.369 e. The zero-order valence-electron chi connectivity index (χ0n) is 13.3. The van der Waals surface area contributed by atoms with E-state index in [0.29, 0.717) is 31.6 Å². The maximum Gasteiger partial charge on any atom is 0.243 e. The number of nitrogens with zero attached hydrogens (tertiary/aromatic N) is 2. The number of likely N-dealkylation sites (tertiary alicyclic amines) is 1. The molecule has 24 heavy (non-hydrogen) atoms. The lowest BCUT2D eigenvalue weighted by atomic mass is 9.96. The Morgan fingerprint density at radius 1 is 1.25 bits per heavy atom. The van der Waals surface area contributed by atoms with Crippen LogP contribution in [-0.2, 0) is 19.6 Å². The fourth-order valence-corrected chi connectivity index (χ4v) is 3.85. The largest absolute Gasteiger partial charge is 0.369 e. The number of piperidine rings is 1. The molecule has 2 N–H and O–H groups in total. The quantitative estimate of drug-likeness (QED) is 0.650. The Morgan fingerprint density at radius 2 is 1.79 bits per heavy atom. The number of rotatable bonds is 5. The Balaban J connectivity index is 2.09. The van der Waals surface area contributed by atoms with E-state index < -0.39 is 10.0 Å². The first-order valence-electron chi connectivity index (χ1n) is 7.49. The summed E-state index contributed by atoms with van der Waals surface area (Å²) in [6.07, 6.45) is 2.12. The molecule has 0 unspecified atom stereocenters. The topological polar surface area (TPSA) is 101 Å². The minimum atomic E-state index is -3.58. The normalized spacial score (nSPS) is 16.0. The number of hydrogen-bond donors (Lipinski definition) is 1. The van der Waals surface area contributed by atoms with Crippen LogP contribution >= 0.6 is 22.6 Å². The number of primary amides is 1. The van der Waals surface area contributed by atoms with E-state index in [1.54, 1.807) is 29.2 Å². The number of halogens is 1. The molecular weight excluding hydrogens is 445 g/mol. The molecule has 0 aromatic heterocycles. The van der Waals surface area contributed by atoms with Crippen LogP contribution in [0.3, 0.4) is 0 Å². The summed E-state index contributed by atoms with van der Waals surface area (Å²) < 4.78 is 26.2. The van der Waals surface area contributed by atoms with E-state index in [-0.39, 0.29) is 24.3 Å². The molecule has 0 aliphatic carbocycles. The fraction of sp³-hybridized carbons (Fsp3) is 0.467. The third kappa shape index (κ3) is 4.82. The standard InChI is InChI=1S/C15H20IN3O4S/c1-24(22,23)19(13-4-2-12(16)3-5-13)10-14(20)18-8-6-11(7-9-18)15(17)21/h2-5,11H,6-10H2,1H3,(H2,17,21). The van der Waals surface area contributed by atoms with Gasteiger partial charge in [-0.3, -0.25) is 13.9 Å². The number of hydrogen-bond acceptors (Lipinski definition) is 4. The van der Waals surface area contributed by atoms with Crippen LogP contribution in [0.25, 0.3) is 0 Å². The Morgan fingerprint density at radius 3 is 2.25 bits per heavy atom. The number of anilines is 1. The molecular formula is C15H20IN3O4S. The lowest BCUT2D eigenvalue weighted by Crippen LogP contribution is -2.47. The number of sulfonamides is 1. The second-order valence-electron chi connectivity index (χ2n) is 5.80. The second kappa shape index (κ2) is 7.68. The lowest BCUT2D eigenvalue weighted by Gasteiger charge is -2.32. The van der Waals surface area contributed by atoms with Gasteiger partial charge in [0.25, 0.3) is 0 Å². The Kier molecular flexibility index (Phi) is 6.07. The van der Waals surface area contributed by atoms with E-state index in [2.05, 4.69) is 22.6 Å². The Hall–Kier alpha value is -1.36. The molecule has 1 aliphatic rings. The monoisotopic (exact) mass is 465 g/mol. The third-order valence-electron chi connectivity index (χ3n) is 4.04. The number of nitrogens with two attached hydrogens (primary N) is 1. The molecule has 1 fully saturated rings. The zero-order chi connectivity index (χ0) is 17.9. The van der Waals surface area contributed by atoms with E-state index in [9.17, 15) is 18.0 Å². The summed E-state index contributed by atoms with van der Waals surface area (Å²) in [5, 5.41) is 0. The van der Waals surface area contributed by atoms with Crippen LogP contribution in [-0.4, -0.2) is 51.0 Å². The molecule has 1 aliphatic heterocycles. The van der Waals surface area contributed by atoms with E-state index >= 15 is 0 Å². The van der Waals surface area contributed by atoms with Crippen LogP contribution in [0.15, 0.2) is 24.3 Å². The summed E-state index contributed by atoms with van der Waals surface area (Å²) in [5.41, 5.74) is 5.74. The molecule has 0 atom stereocenters. The van der Waals surface area contributed by atoms with Crippen LogP contribution in [0, 0.1) is 9.49 Å². The van der Waals surface area contributed by atoms with Crippen molar-refractivity contribution in [3.05, 3.63) is 27.8 Å². The van der Waals surface area contributed by atoms with E-state index in [1.165, 1.54) is 0 Å². The molecule has 0 radical (unpaired) electrons. The van der Waals surface area contributed by atoms with Crippen molar-refractivity contribution in [1.82, 2.24) is 4.90 Å². The lowest BCUT2D eigenvalue weighted by molar-refractivity contribution is -0.133. The van der Waals surface area contributed by atoms with Crippen LogP contribution < -0.4 is 10.0 Å². The van der Waals surface area contributed by atoms with Gasteiger partial charge in [-0.15, -0.1) is 0 Å². The highest BCUT2D eigenvalue weighted by Gasteiger charge is 2.28. The van der Waals surface area contributed by atoms with Crippen LogP contribution in [0.1, 0.15) is 12.8 Å². The fourth-order valence-electron chi connectivity index (χ4n) is 2.64. The average Bonchev–Trinajstić information content (AvgIpc) is 2.52. The highest BCUT2D eigenvalue weighted by Crippen LogP contribution is 2.21. The van der Waals surface area contributed by atoms with Crippen molar-refractivity contribution in [3.8, 4) is 0 Å². The summed E-state index contributed by atoms with van der Waals surface area (Å²) in [6, 6.07) is 6.93. The molecule has 0 bridgehead atoms. The van der Waals surface area contributed by atoms with Crippen molar-refractivity contribution in [2.45, 2.75) is 12.8 Å². The first-order valence-corrected chi connectivity index (χ1v) is 10.4. The molecule has 1 aromatic carbocycles. The van der Waals surface area contributed by atoms with Crippen LogP contribution in [0.5, 0.6) is 0 Å². The van der Waals surface area contributed by atoms with E-state index in [1.807, 2.05) is 0 Å². The third-order valence-corrected chi connectivity index (χ3v) is 5.90. The molecule has 1 saturated heterocycles. The van der Waals surface area contributed by atoms with Crippen LogP contribution in [0.4, 0.5) is 5.69 Å². The summed E-state index contributed by atoms with van der Waals surface area (Å²) in [5.74, 6) is -0.836. The first-order chi connectivity index (χ1) is 11.2. The molecule has 0 saturated carbocycles. The minimum absolute atomic E-state index is 0.212. The summed E-state index contributed by atoms with van der Waals surface area (Å²) in [4.78, 5) is 25.2. The van der Waals surface area contributed by atoms with Gasteiger partial charge in [0.05, 0.1) is 11.9 Å². The van der Waals surface area contributed by atoms with Gasteiger partial charge < -0.3 is 10.6 Å². The number of benzene rings is 1. The second-order valence-corrected chi connectivity index (χ2v) is 8.96. The summed E-state index contributed by atoms with van der Waals surface area (Å²) >= 11 is 2.13. The van der Waals surface area contributed by atoms with Crippen molar-refractivity contribution in [2.24, 2.45) is 11.7 Å². The smallest absolute Gasteiger partial charge is 0.243 e. The maximum absolute atomic E-state index is 12.5. The molecule has 2 rings (SSSR count). The summed E-state index contributed by atoms with van der Waals surface area (Å²) in [6.45, 7) is 0.578. The van der Waals surface area contributed by atoms with Gasteiger partial charge in [-0.25, -0.2) is 8.42 Å². The van der Waals surface area contributed by atoms with Crippen molar-refractivity contribution in [1.29, 1.82) is 0 Å². The van der Waals surface area contributed by atoms with E-state index in [4.69, 9.17) is 5.73 Å². The van der Waals surface area contributed by atoms with Gasteiger partial charge in [0, 0.05) is 22.6 Å². The van der Waals surface area contributed by atoms with Crippen molar-refractivity contribution in [2.75, 3.05) is 30.2 Å². The molecule has 0 spiro atoms. The maximum atomic E-state index is 12.5. The first kappa shape index (κ1) is 19.0. The van der Waals surface area contributed by atoms with Crippen molar-refractivity contribution in [3.63, 3.8) is 0 Å². The highest BCUT2D eigenvalue weighted by molar-refractivity contribution is 14.1. The van der Waals surface area contributed by atoms with Gasteiger partial charge in [0.15, 0.2) is 0 Å². The number of carbonyl (C=O) groups excluding carboxylic acids is 2. The molecule has 2 amide bonds. The SMILES string of the molecule is CS(=O)(=O)N(CC(=O)N1CCC(C(N)=O)CC1)c1ccc(I)cc1. The van der Waals surface area contributed by atoms with Gasteiger partial charge >= 0.3 is 0 Å². The number of amides is 2. The molecule has 1 heterocycles. The highest BCUT2D eigenvalue weighted by atomic mass is 127. The van der Waals surface area contributed by atoms with Crippen molar-refractivity contribution < 1.29 is 18.0 Å². The molecule has 1 aromatic rings. The van der Waals surface area contributed by atoms with Gasteiger partial charge in [0.1, 0.15) is 6.54 Å². The predicted octanol–water partition coefficient (Wildman–Crippen LogP) is 0.781.